The molecule has 2 aromatic rings. The van der Waals surface area contributed by atoms with Gasteiger partial charge >= 0.3 is 6.18 Å². The first-order valence-electron chi connectivity index (χ1n) is 6.82. The third-order valence-corrected chi connectivity index (χ3v) is 3.94. The Morgan fingerprint density at radius 3 is 2.46 bits per heavy atom. The van der Waals surface area contributed by atoms with Crippen molar-refractivity contribution < 1.29 is 36.6 Å². The highest BCUT2D eigenvalue weighted by Crippen LogP contribution is 2.49. The third kappa shape index (κ3) is 2.57. The monoisotopic (exact) mass is 351 g/mol. The number of alkyl halides is 5. The van der Waals surface area contributed by atoms with Gasteiger partial charge in [0.25, 0.3) is 5.92 Å². The highest BCUT2D eigenvalue weighted by Gasteiger charge is 2.53. The summed E-state index contributed by atoms with van der Waals surface area (Å²) in [5.41, 5.74) is -2.80. The van der Waals surface area contributed by atoms with E-state index >= 15 is 0 Å². The van der Waals surface area contributed by atoms with Gasteiger partial charge in [-0.15, -0.1) is 0 Å². The lowest BCUT2D eigenvalue weighted by molar-refractivity contribution is -0.142. The number of aliphatic hydroxyl groups is 2. The first kappa shape index (κ1) is 16.8. The van der Waals surface area contributed by atoms with E-state index in [-0.39, 0.29) is 11.3 Å². The lowest BCUT2D eigenvalue weighted by Gasteiger charge is -2.16. The molecule has 0 amide bonds. The highest BCUT2D eigenvalue weighted by atomic mass is 19.4. The van der Waals surface area contributed by atoms with Gasteiger partial charge in [0.15, 0.2) is 0 Å². The van der Waals surface area contributed by atoms with Crippen LogP contribution in [0.3, 0.4) is 0 Å². The molecular weight excluding hydrogens is 340 g/mol. The summed E-state index contributed by atoms with van der Waals surface area (Å²) in [6.07, 6.45) is -8.09. The summed E-state index contributed by atoms with van der Waals surface area (Å²) in [7, 11) is 0. The summed E-state index contributed by atoms with van der Waals surface area (Å²) >= 11 is 0. The maximum absolute atomic E-state index is 13.7. The molecule has 1 unspecified atom stereocenters. The third-order valence-electron chi connectivity index (χ3n) is 3.94. The number of nitrogens with zero attached hydrogens (tertiary/aromatic N) is 1. The number of hydrogen-bond acceptors (Lipinski definition) is 2. The molecule has 1 aliphatic carbocycles. The maximum atomic E-state index is 13.7. The molecule has 3 nitrogen and oxygen atoms in total. The molecule has 9 heteroatoms. The van der Waals surface area contributed by atoms with Gasteiger partial charge in [0, 0.05) is 23.1 Å². The van der Waals surface area contributed by atoms with Gasteiger partial charge in [-0.1, -0.05) is 0 Å². The Morgan fingerprint density at radius 2 is 1.88 bits per heavy atom. The number of rotatable bonds is 2. The van der Waals surface area contributed by atoms with E-state index < -0.39 is 53.9 Å². The van der Waals surface area contributed by atoms with Crippen LogP contribution in [-0.4, -0.2) is 20.7 Å². The number of benzene rings is 1. The molecule has 24 heavy (non-hydrogen) atoms. The summed E-state index contributed by atoms with van der Waals surface area (Å²) < 4.78 is 81.2. The lowest BCUT2D eigenvalue weighted by Crippen LogP contribution is -2.23. The van der Waals surface area contributed by atoms with E-state index in [4.69, 9.17) is 5.11 Å². The van der Waals surface area contributed by atoms with Crippen LogP contribution < -0.4 is 0 Å². The van der Waals surface area contributed by atoms with E-state index in [1.165, 1.54) is 6.07 Å². The minimum absolute atomic E-state index is 0.0753. The van der Waals surface area contributed by atoms with E-state index in [1.54, 1.807) is 0 Å². The second kappa shape index (κ2) is 5.25. The molecular formula is C15H11F6NO2. The van der Waals surface area contributed by atoms with Crippen LogP contribution in [0.2, 0.25) is 0 Å². The molecule has 0 saturated carbocycles. The van der Waals surface area contributed by atoms with E-state index in [0.29, 0.717) is 6.20 Å². The predicted molar refractivity (Wildman–Crippen MR) is 70.3 cm³/mol. The Hall–Kier alpha value is -2.00. The quantitative estimate of drug-likeness (QED) is 0.815. The normalized spacial score (nSPS) is 19.6. The zero-order chi connectivity index (χ0) is 17.9. The van der Waals surface area contributed by atoms with Gasteiger partial charge in [0.2, 0.25) is 0 Å². The summed E-state index contributed by atoms with van der Waals surface area (Å²) in [5.74, 6) is -4.58. The van der Waals surface area contributed by atoms with Crippen LogP contribution in [0.5, 0.6) is 0 Å². The molecule has 1 atom stereocenters. The molecule has 0 fully saturated rings. The maximum Gasteiger partial charge on any atom is 0.418 e. The minimum atomic E-state index is -4.95. The molecule has 1 aromatic carbocycles. The Bertz CT molecular complexity index is 796. The number of aliphatic hydroxyl groups excluding tert-OH is 2. The first-order valence-corrected chi connectivity index (χ1v) is 6.82. The van der Waals surface area contributed by atoms with Crippen molar-refractivity contribution in [1.82, 2.24) is 4.57 Å². The first-order chi connectivity index (χ1) is 11.0. The Labute approximate surface area is 131 Å². The molecule has 0 spiro atoms. The van der Waals surface area contributed by atoms with Crippen LogP contribution in [0.1, 0.15) is 28.5 Å². The van der Waals surface area contributed by atoms with Crippen molar-refractivity contribution >= 4 is 0 Å². The SMILES string of the molecule is OCc1cc(F)cc(-n2cc(C(F)(F)F)c3c2CC(F)(F)C3O)c1. The van der Waals surface area contributed by atoms with Crippen LogP contribution in [0.15, 0.2) is 24.4 Å². The second-order valence-electron chi connectivity index (χ2n) is 5.59. The number of fused-ring (bicyclic) bond motifs is 1. The van der Waals surface area contributed by atoms with Crippen molar-refractivity contribution in [3.63, 3.8) is 0 Å². The van der Waals surface area contributed by atoms with Gasteiger partial charge in [-0.05, 0) is 23.8 Å². The predicted octanol–water partition coefficient (Wildman–Crippen LogP) is 3.35. The van der Waals surface area contributed by atoms with Crippen molar-refractivity contribution in [3.05, 3.63) is 52.6 Å². The molecule has 0 saturated heterocycles. The summed E-state index contributed by atoms with van der Waals surface area (Å²) in [5, 5.41) is 18.7. The van der Waals surface area contributed by atoms with Crippen molar-refractivity contribution in [2.24, 2.45) is 0 Å². The Kier molecular flexibility index (Phi) is 3.68. The average molecular weight is 351 g/mol. The van der Waals surface area contributed by atoms with Crippen LogP contribution in [0, 0.1) is 5.82 Å². The van der Waals surface area contributed by atoms with Crippen molar-refractivity contribution in [2.45, 2.75) is 31.2 Å². The fourth-order valence-electron chi connectivity index (χ4n) is 2.90. The van der Waals surface area contributed by atoms with E-state index in [1.807, 2.05) is 0 Å². The number of halogens is 6. The van der Waals surface area contributed by atoms with Gasteiger partial charge in [-0.2, -0.15) is 13.2 Å². The smallest absolute Gasteiger partial charge is 0.392 e. The number of aromatic nitrogens is 1. The molecule has 0 radical (unpaired) electrons. The fraction of sp³-hybridized carbons (Fsp3) is 0.333. The van der Waals surface area contributed by atoms with Crippen LogP contribution in [0.25, 0.3) is 5.69 Å². The van der Waals surface area contributed by atoms with Crippen molar-refractivity contribution in [3.8, 4) is 5.69 Å². The largest absolute Gasteiger partial charge is 0.418 e. The lowest BCUT2D eigenvalue weighted by atomic mass is 10.1. The van der Waals surface area contributed by atoms with Crippen LogP contribution in [-0.2, 0) is 19.2 Å². The van der Waals surface area contributed by atoms with Gasteiger partial charge < -0.3 is 14.8 Å². The van der Waals surface area contributed by atoms with Gasteiger partial charge in [0.1, 0.15) is 11.9 Å². The molecule has 3 rings (SSSR count). The zero-order valence-corrected chi connectivity index (χ0v) is 11.9. The molecule has 130 valence electrons. The van der Waals surface area contributed by atoms with Crippen molar-refractivity contribution in [1.29, 1.82) is 0 Å². The van der Waals surface area contributed by atoms with E-state index in [0.717, 1.165) is 16.7 Å². The van der Waals surface area contributed by atoms with Gasteiger partial charge in [-0.25, -0.2) is 13.2 Å². The average Bonchev–Trinajstić information content (AvgIpc) is 2.93. The minimum Gasteiger partial charge on any atom is -0.392 e. The molecule has 1 aromatic heterocycles. The number of hydrogen-bond donors (Lipinski definition) is 2. The molecule has 1 heterocycles. The van der Waals surface area contributed by atoms with E-state index in [2.05, 4.69) is 0 Å². The molecule has 1 aliphatic rings. The summed E-state index contributed by atoms with van der Waals surface area (Å²) in [6, 6.07) is 3.02. The molecule has 0 aliphatic heterocycles. The van der Waals surface area contributed by atoms with Crippen LogP contribution >= 0.6 is 0 Å². The standard InChI is InChI=1S/C15H11F6NO2/c16-8-1-7(6-23)2-9(3-8)22-5-10(15(19,20)21)12-11(22)4-14(17,18)13(12)24/h1-3,5,13,23-24H,4,6H2. The Morgan fingerprint density at radius 1 is 1.21 bits per heavy atom. The molecule has 0 bridgehead atoms. The van der Waals surface area contributed by atoms with Gasteiger partial charge in [0.05, 0.1) is 18.6 Å². The Balaban J connectivity index is 2.25. The fourth-order valence-corrected chi connectivity index (χ4v) is 2.90. The second-order valence-corrected chi connectivity index (χ2v) is 5.59. The highest BCUT2D eigenvalue weighted by molar-refractivity contribution is 5.49. The molecule has 2 N–H and O–H groups in total. The van der Waals surface area contributed by atoms with Crippen molar-refractivity contribution in [2.75, 3.05) is 0 Å². The van der Waals surface area contributed by atoms with Crippen LogP contribution in [0.4, 0.5) is 26.3 Å². The summed E-state index contributed by atoms with van der Waals surface area (Å²) in [4.78, 5) is 0. The summed E-state index contributed by atoms with van der Waals surface area (Å²) in [6.45, 7) is -0.570. The van der Waals surface area contributed by atoms with Gasteiger partial charge in [-0.3, -0.25) is 0 Å². The van der Waals surface area contributed by atoms with E-state index in [9.17, 15) is 31.4 Å². The zero-order valence-electron chi connectivity index (χ0n) is 11.9. The topological polar surface area (TPSA) is 45.4 Å².